The SMILES string of the molecule is COC(=O)C[C@@H](c1oc(CN2CCc3cc(OC)c(OC)cc3[C@@H]2c2cc(OC)c(OC)c(OC)c2)cc(=O)c1O)c1cc2cccc3c2n(c1=O)CC3. The van der Waals surface area contributed by atoms with Gasteiger partial charge in [0.1, 0.15) is 5.76 Å². The second-order valence-corrected chi connectivity index (χ2v) is 13.3. The van der Waals surface area contributed by atoms with E-state index in [4.69, 9.17) is 32.8 Å². The van der Waals surface area contributed by atoms with E-state index < -0.39 is 29.1 Å². The molecule has 2 atom stereocenters. The van der Waals surface area contributed by atoms with Crippen LogP contribution < -0.4 is 34.7 Å². The number of para-hydroxylation sites is 1. The molecular weight excluding hydrogens is 696 g/mol. The Morgan fingerprint density at radius 3 is 2.19 bits per heavy atom. The summed E-state index contributed by atoms with van der Waals surface area (Å²) in [5.74, 6) is 0.0946. The molecule has 0 fully saturated rings. The fourth-order valence-corrected chi connectivity index (χ4v) is 7.92. The van der Waals surface area contributed by atoms with Gasteiger partial charge in [-0.05, 0) is 70.8 Å². The van der Waals surface area contributed by atoms with Gasteiger partial charge in [-0.15, -0.1) is 0 Å². The van der Waals surface area contributed by atoms with Crippen LogP contribution in [0.2, 0.25) is 0 Å². The number of aromatic hydroxyl groups is 1. The van der Waals surface area contributed by atoms with Gasteiger partial charge in [-0.1, -0.05) is 18.2 Å². The predicted molar refractivity (Wildman–Crippen MR) is 199 cm³/mol. The average Bonchev–Trinajstić information content (AvgIpc) is 3.64. The standard InChI is InChI=1S/C41H42N2O11/c1-48-31-15-23-10-12-42(37(27(23)19-32(31)49-2)25-16-33(50-3)40(53-6)34(17-25)51-4)21-26-18-30(44)38(46)39(54-26)28(20-35(45)52-5)29-14-24-9-7-8-22-11-13-43(36(22)24)41(29)47/h7-9,14-19,28,37,46H,10-13,20-21H2,1-6H3/t28-,37+/m1/s1. The van der Waals surface area contributed by atoms with Crippen LogP contribution in [0.25, 0.3) is 10.9 Å². The van der Waals surface area contributed by atoms with E-state index in [0.29, 0.717) is 54.7 Å². The Kier molecular flexibility index (Phi) is 9.99. The topological polar surface area (TPSA) is 148 Å². The number of nitrogens with zero attached hydrogens (tertiary/aromatic N) is 2. The van der Waals surface area contributed by atoms with E-state index in [1.165, 1.54) is 20.3 Å². The smallest absolute Gasteiger partial charge is 0.306 e. The molecule has 2 aliphatic rings. The first kappa shape index (κ1) is 36.4. The van der Waals surface area contributed by atoms with Crippen molar-refractivity contribution in [2.45, 2.75) is 44.3 Å². The van der Waals surface area contributed by atoms with Gasteiger partial charge in [0.2, 0.25) is 16.9 Å². The number of aryl methyl sites for hydroxylation is 2. The van der Waals surface area contributed by atoms with Crippen molar-refractivity contribution < 1.29 is 42.7 Å². The third kappa shape index (κ3) is 6.27. The van der Waals surface area contributed by atoms with Crippen molar-refractivity contribution in [1.29, 1.82) is 0 Å². The number of hydrogen-bond donors (Lipinski definition) is 1. The summed E-state index contributed by atoms with van der Waals surface area (Å²) in [6.45, 7) is 1.10. The summed E-state index contributed by atoms with van der Waals surface area (Å²) in [7, 11) is 9.04. The maximum Gasteiger partial charge on any atom is 0.306 e. The molecule has 54 heavy (non-hydrogen) atoms. The first-order valence-electron chi connectivity index (χ1n) is 17.5. The maximum atomic E-state index is 14.0. The lowest BCUT2D eigenvalue weighted by Crippen LogP contribution is -2.36. The van der Waals surface area contributed by atoms with Crippen molar-refractivity contribution in [2.75, 3.05) is 49.2 Å². The van der Waals surface area contributed by atoms with Crippen molar-refractivity contribution in [2.24, 2.45) is 0 Å². The third-order valence-corrected chi connectivity index (χ3v) is 10.5. The largest absolute Gasteiger partial charge is 0.502 e. The molecule has 0 aliphatic carbocycles. The second kappa shape index (κ2) is 14.8. The summed E-state index contributed by atoms with van der Waals surface area (Å²) in [4.78, 5) is 42.6. The lowest BCUT2D eigenvalue weighted by Gasteiger charge is -2.38. The Bertz CT molecular complexity index is 2360. The summed E-state index contributed by atoms with van der Waals surface area (Å²) >= 11 is 0. The highest BCUT2D eigenvalue weighted by Crippen LogP contribution is 2.46. The molecule has 0 spiro atoms. The quantitative estimate of drug-likeness (QED) is 0.170. The Morgan fingerprint density at radius 2 is 1.52 bits per heavy atom. The van der Waals surface area contributed by atoms with Crippen LogP contribution in [0.3, 0.4) is 0 Å². The number of aromatic nitrogens is 1. The van der Waals surface area contributed by atoms with E-state index in [1.54, 1.807) is 39.1 Å². The van der Waals surface area contributed by atoms with Gasteiger partial charge in [-0.2, -0.15) is 0 Å². The number of ether oxygens (including phenoxy) is 6. The van der Waals surface area contributed by atoms with E-state index in [1.807, 2.05) is 42.5 Å². The van der Waals surface area contributed by atoms with Crippen LogP contribution in [0.15, 0.2) is 68.6 Å². The summed E-state index contributed by atoms with van der Waals surface area (Å²) in [5.41, 5.74) is 3.81. The fourth-order valence-electron chi connectivity index (χ4n) is 7.92. The van der Waals surface area contributed by atoms with Gasteiger partial charge < -0.3 is 42.5 Å². The molecule has 13 nitrogen and oxygen atoms in total. The van der Waals surface area contributed by atoms with Gasteiger partial charge in [0.05, 0.1) is 73.1 Å². The first-order chi connectivity index (χ1) is 26.1. The van der Waals surface area contributed by atoms with Crippen molar-refractivity contribution in [3.63, 3.8) is 0 Å². The van der Waals surface area contributed by atoms with Gasteiger partial charge >= 0.3 is 5.97 Å². The van der Waals surface area contributed by atoms with Crippen LogP contribution in [-0.2, 0) is 35.5 Å². The van der Waals surface area contributed by atoms with E-state index in [-0.39, 0.29) is 35.6 Å². The number of esters is 1. The highest BCUT2D eigenvalue weighted by molar-refractivity contribution is 5.84. The molecule has 0 saturated heterocycles. The number of pyridine rings is 1. The molecule has 2 aromatic heterocycles. The van der Waals surface area contributed by atoms with Crippen LogP contribution in [0.4, 0.5) is 0 Å². The molecule has 0 unspecified atom stereocenters. The van der Waals surface area contributed by atoms with Gasteiger partial charge in [0, 0.05) is 24.7 Å². The molecule has 282 valence electrons. The van der Waals surface area contributed by atoms with Gasteiger partial charge in [-0.3, -0.25) is 19.3 Å². The zero-order chi connectivity index (χ0) is 38.3. The molecule has 4 heterocycles. The van der Waals surface area contributed by atoms with Gasteiger partial charge in [0.15, 0.2) is 28.8 Å². The minimum absolute atomic E-state index is 0.105. The van der Waals surface area contributed by atoms with Crippen LogP contribution in [0, 0.1) is 0 Å². The lowest BCUT2D eigenvalue weighted by atomic mass is 9.87. The maximum absolute atomic E-state index is 14.0. The summed E-state index contributed by atoms with van der Waals surface area (Å²) in [6, 6.07) is 16.0. The van der Waals surface area contributed by atoms with E-state index in [9.17, 15) is 19.5 Å². The Balaban J connectivity index is 1.37. The number of carbonyl (C=O) groups excluding carboxylic acids is 1. The van der Waals surface area contributed by atoms with Crippen molar-refractivity contribution in [3.05, 3.63) is 115 Å². The Hall–Kier alpha value is -5.95. The fraction of sp³-hybridized carbons (Fsp3) is 0.341. The van der Waals surface area contributed by atoms with E-state index in [2.05, 4.69) is 4.90 Å². The van der Waals surface area contributed by atoms with E-state index >= 15 is 0 Å². The average molecular weight is 739 g/mol. The Labute approximate surface area is 311 Å². The Morgan fingerprint density at radius 1 is 0.833 bits per heavy atom. The van der Waals surface area contributed by atoms with Crippen molar-refractivity contribution in [1.82, 2.24) is 9.47 Å². The van der Waals surface area contributed by atoms with Crippen molar-refractivity contribution in [3.8, 4) is 34.5 Å². The number of fused-ring (bicyclic) bond motifs is 1. The van der Waals surface area contributed by atoms with Crippen LogP contribution >= 0.6 is 0 Å². The lowest BCUT2D eigenvalue weighted by molar-refractivity contribution is -0.141. The normalized spacial score (nSPS) is 15.4. The molecule has 13 heteroatoms. The molecular formula is C41H42N2O11. The minimum atomic E-state index is -1.11. The van der Waals surface area contributed by atoms with Crippen LogP contribution in [0.5, 0.6) is 34.5 Å². The van der Waals surface area contributed by atoms with Gasteiger partial charge in [0.25, 0.3) is 5.56 Å². The predicted octanol–water partition coefficient (Wildman–Crippen LogP) is 5.10. The molecule has 1 N–H and O–H groups in total. The monoisotopic (exact) mass is 738 g/mol. The number of methoxy groups -OCH3 is 6. The molecule has 0 radical (unpaired) electrons. The molecule has 7 rings (SSSR count). The summed E-state index contributed by atoms with van der Waals surface area (Å²) in [5, 5.41) is 12.1. The zero-order valence-corrected chi connectivity index (χ0v) is 31.0. The van der Waals surface area contributed by atoms with Crippen molar-refractivity contribution >= 4 is 16.9 Å². The number of rotatable bonds is 12. The third-order valence-electron chi connectivity index (χ3n) is 10.5. The molecule has 5 aromatic rings. The highest BCUT2D eigenvalue weighted by Gasteiger charge is 2.35. The summed E-state index contributed by atoms with van der Waals surface area (Å²) < 4.78 is 41.5. The molecule has 0 saturated carbocycles. The van der Waals surface area contributed by atoms with Crippen LogP contribution in [0.1, 0.15) is 57.7 Å². The first-order valence-corrected chi connectivity index (χ1v) is 17.5. The highest BCUT2D eigenvalue weighted by atomic mass is 16.5. The second-order valence-electron chi connectivity index (χ2n) is 13.3. The molecule has 3 aromatic carbocycles. The number of carbonyl (C=O) groups is 1. The molecule has 0 bridgehead atoms. The number of hydrogen-bond acceptors (Lipinski definition) is 12. The number of benzene rings is 3. The molecule has 0 amide bonds. The van der Waals surface area contributed by atoms with Crippen LogP contribution in [-0.4, -0.2) is 69.7 Å². The zero-order valence-electron chi connectivity index (χ0n) is 31.0. The van der Waals surface area contributed by atoms with Gasteiger partial charge in [-0.25, -0.2) is 0 Å². The van der Waals surface area contributed by atoms with E-state index in [0.717, 1.165) is 33.2 Å². The minimum Gasteiger partial charge on any atom is -0.502 e. The molecule has 2 aliphatic heterocycles. The summed E-state index contributed by atoms with van der Waals surface area (Å²) in [6.07, 6.45) is 0.970.